The Morgan fingerprint density at radius 3 is 2.48 bits per heavy atom. The van der Waals surface area contributed by atoms with Crippen molar-refractivity contribution >= 4 is 29.0 Å². The summed E-state index contributed by atoms with van der Waals surface area (Å²) in [5, 5.41) is 2.97. The number of likely N-dealkylation sites (tertiary alicyclic amines) is 1. The summed E-state index contributed by atoms with van der Waals surface area (Å²) in [7, 11) is 2.08. The maximum Gasteiger partial charge on any atom is 0.261 e. The second kappa shape index (κ2) is 11.5. The molecule has 0 unspecified atom stereocenters. The van der Waals surface area contributed by atoms with Crippen LogP contribution in [0.1, 0.15) is 52.7 Å². The Morgan fingerprint density at radius 1 is 1.02 bits per heavy atom. The van der Waals surface area contributed by atoms with Crippen molar-refractivity contribution in [3.8, 4) is 0 Å². The van der Waals surface area contributed by atoms with Gasteiger partial charge in [-0.05, 0) is 67.8 Å². The van der Waals surface area contributed by atoms with Gasteiger partial charge in [0, 0.05) is 42.5 Å². The number of pyridine rings is 1. The number of hydrogen-bond donors (Lipinski definition) is 1. The summed E-state index contributed by atoms with van der Waals surface area (Å²) in [6, 6.07) is 10.4. The number of benzene rings is 2. The largest absolute Gasteiger partial charge is 0.321 e. The smallest absolute Gasteiger partial charge is 0.261 e. The predicted molar refractivity (Wildman–Crippen MR) is 147 cm³/mol. The van der Waals surface area contributed by atoms with Crippen molar-refractivity contribution in [2.75, 3.05) is 25.5 Å². The highest BCUT2D eigenvalue weighted by Gasteiger charge is 2.28. The van der Waals surface area contributed by atoms with Crippen molar-refractivity contribution in [2.24, 2.45) is 0 Å². The van der Waals surface area contributed by atoms with E-state index in [2.05, 4.69) is 17.3 Å². The lowest BCUT2D eigenvalue weighted by molar-refractivity contribution is -0.110. The maximum atomic E-state index is 13.6. The number of rotatable bonds is 7. The Kier molecular flexibility index (Phi) is 7.84. The number of fused-ring (bicyclic) bond motifs is 1. The van der Waals surface area contributed by atoms with Crippen LogP contribution in [-0.4, -0.2) is 41.3 Å². The number of anilines is 1. The quantitative estimate of drug-likeness (QED) is 0.244. The molecular weight excluding hydrogens is 519 g/mol. The fraction of sp³-hybridized carbons (Fsp3) is 0.258. The zero-order valence-electron chi connectivity index (χ0n) is 22.0. The average Bonchev–Trinajstić information content (AvgIpc) is 3.26. The predicted octanol–water partition coefficient (Wildman–Crippen LogP) is 5.42. The lowest BCUT2D eigenvalue weighted by atomic mass is 9.93. The van der Waals surface area contributed by atoms with Gasteiger partial charge in [0.05, 0.1) is 12.1 Å². The van der Waals surface area contributed by atoms with Gasteiger partial charge in [0.1, 0.15) is 0 Å². The third-order valence-corrected chi connectivity index (χ3v) is 7.30. The molecule has 1 saturated heterocycles. The number of carbonyl (C=O) groups excluding carboxylic acids is 2. The fourth-order valence-electron chi connectivity index (χ4n) is 5.12. The standard InChI is InChI=1S/C31H28F3N3O3/c1-36-13-10-21(11-14-36)28-22-9-8-19(17-26(22)35-30(28)39)5-2-3-7-27(38)23-6-4-12-37(31(23)40)18-20-15-24(32)29(34)25(33)16-20/h2,4-6,8-9,12,15-17H,3,7,10-11,13-14,18H2,1H3,(H,35,39)/b5-2+. The molecule has 1 aromatic heterocycles. The average molecular weight is 548 g/mol. The van der Waals surface area contributed by atoms with E-state index in [1.807, 2.05) is 30.4 Å². The Labute approximate surface area is 229 Å². The van der Waals surface area contributed by atoms with Crippen molar-refractivity contribution in [2.45, 2.75) is 32.2 Å². The number of Topliss-reactive ketones (excluding diaryl/α,β-unsaturated/α-hetero) is 1. The fourth-order valence-corrected chi connectivity index (χ4v) is 5.12. The summed E-state index contributed by atoms with van der Waals surface area (Å²) >= 11 is 0. The minimum absolute atomic E-state index is 0.0336. The molecule has 0 saturated carbocycles. The van der Waals surface area contributed by atoms with E-state index in [1.54, 1.807) is 0 Å². The zero-order chi connectivity index (χ0) is 28.4. The second-order valence-electron chi connectivity index (χ2n) is 10.1. The van der Waals surface area contributed by atoms with Crippen molar-refractivity contribution in [3.05, 3.63) is 110 Å². The van der Waals surface area contributed by atoms with Crippen LogP contribution in [0.25, 0.3) is 11.6 Å². The van der Waals surface area contributed by atoms with Gasteiger partial charge >= 0.3 is 0 Å². The molecule has 3 aromatic rings. The minimum Gasteiger partial charge on any atom is -0.321 e. The number of amides is 1. The zero-order valence-corrected chi connectivity index (χ0v) is 22.0. The summed E-state index contributed by atoms with van der Waals surface area (Å²) in [4.78, 5) is 40.5. The van der Waals surface area contributed by atoms with Crippen LogP contribution in [0, 0.1) is 17.5 Å². The molecule has 0 bridgehead atoms. The van der Waals surface area contributed by atoms with Gasteiger partial charge in [0.25, 0.3) is 11.5 Å². The number of halogens is 3. The molecule has 1 amide bonds. The first-order chi connectivity index (χ1) is 19.2. The SMILES string of the molecule is CN1CCC(=C2C(=O)Nc3cc(/C=C/CCC(=O)c4cccn(Cc5cc(F)c(F)c(F)c5)c4=O)ccc32)CC1. The van der Waals surface area contributed by atoms with E-state index < -0.39 is 23.0 Å². The highest BCUT2D eigenvalue weighted by molar-refractivity contribution is 6.32. The van der Waals surface area contributed by atoms with Crippen molar-refractivity contribution in [1.82, 2.24) is 9.47 Å². The first kappa shape index (κ1) is 27.3. The molecule has 0 aliphatic carbocycles. The van der Waals surface area contributed by atoms with Crippen LogP contribution in [0.15, 0.2) is 65.1 Å². The van der Waals surface area contributed by atoms with Crippen LogP contribution in [0.5, 0.6) is 0 Å². The van der Waals surface area contributed by atoms with Crippen molar-refractivity contribution in [1.29, 1.82) is 0 Å². The van der Waals surface area contributed by atoms with Crippen LogP contribution in [0.4, 0.5) is 18.9 Å². The second-order valence-corrected chi connectivity index (χ2v) is 10.1. The number of ketones is 1. The number of nitrogens with zero attached hydrogens (tertiary/aromatic N) is 2. The Morgan fingerprint density at radius 2 is 1.75 bits per heavy atom. The van der Waals surface area contributed by atoms with Crippen LogP contribution in [-0.2, 0) is 11.3 Å². The maximum absolute atomic E-state index is 13.6. The number of allylic oxidation sites excluding steroid dienone is 1. The van der Waals surface area contributed by atoms with Crippen LogP contribution in [0.2, 0.25) is 0 Å². The summed E-state index contributed by atoms with van der Waals surface area (Å²) in [6.07, 6.45) is 7.32. The minimum atomic E-state index is -1.58. The summed E-state index contributed by atoms with van der Waals surface area (Å²) < 4.78 is 41.5. The van der Waals surface area contributed by atoms with E-state index in [0.717, 1.165) is 65.0 Å². The van der Waals surface area contributed by atoms with Crippen LogP contribution < -0.4 is 10.9 Å². The van der Waals surface area contributed by atoms with Gasteiger partial charge in [-0.25, -0.2) is 13.2 Å². The number of carbonyl (C=O) groups is 2. The molecular formula is C31H28F3N3O3. The molecule has 6 nitrogen and oxygen atoms in total. The molecule has 1 N–H and O–H groups in total. The number of piperidine rings is 1. The van der Waals surface area contributed by atoms with E-state index >= 15 is 0 Å². The molecule has 1 fully saturated rings. The van der Waals surface area contributed by atoms with Gasteiger partial charge in [0.2, 0.25) is 0 Å². The Bertz CT molecular complexity index is 1590. The first-order valence-electron chi connectivity index (χ1n) is 13.1. The molecule has 2 aliphatic rings. The molecule has 40 heavy (non-hydrogen) atoms. The first-order valence-corrected chi connectivity index (χ1v) is 13.1. The van der Waals surface area contributed by atoms with Gasteiger partial charge < -0.3 is 14.8 Å². The number of nitrogens with one attached hydrogen (secondary N) is 1. The van der Waals surface area contributed by atoms with E-state index in [4.69, 9.17) is 0 Å². The molecule has 206 valence electrons. The number of aromatic nitrogens is 1. The molecule has 0 spiro atoms. The Balaban J connectivity index is 1.23. The van der Waals surface area contributed by atoms with E-state index in [9.17, 15) is 27.6 Å². The van der Waals surface area contributed by atoms with Crippen LogP contribution >= 0.6 is 0 Å². The molecule has 0 atom stereocenters. The lowest BCUT2D eigenvalue weighted by Crippen LogP contribution is -2.27. The van der Waals surface area contributed by atoms with Crippen molar-refractivity contribution in [3.63, 3.8) is 0 Å². The van der Waals surface area contributed by atoms with E-state index in [-0.39, 0.29) is 35.8 Å². The monoisotopic (exact) mass is 547 g/mol. The topological polar surface area (TPSA) is 71.4 Å². The summed E-state index contributed by atoms with van der Waals surface area (Å²) in [5.41, 5.74) is 3.98. The number of hydrogen-bond acceptors (Lipinski definition) is 4. The summed E-state index contributed by atoms with van der Waals surface area (Å²) in [6.45, 7) is 1.66. The third-order valence-electron chi connectivity index (χ3n) is 7.30. The van der Waals surface area contributed by atoms with Gasteiger partial charge in [-0.3, -0.25) is 14.4 Å². The van der Waals surface area contributed by atoms with Crippen LogP contribution in [0.3, 0.4) is 0 Å². The molecule has 2 aromatic carbocycles. The van der Waals surface area contributed by atoms with Gasteiger partial charge in [-0.1, -0.05) is 29.9 Å². The van der Waals surface area contributed by atoms with Gasteiger partial charge in [-0.2, -0.15) is 0 Å². The highest BCUT2D eigenvalue weighted by Crippen LogP contribution is 2.37. The Hall–Kier alpha value is -4.24. The lowest BCUT2D eigenvalue weighted by Gasteiger charge is -2.25. The highest BCUT2D eigenvalue weighted by atomic mass is 19.2. The molecule has 2 aliphatic heterocycles. The third kappa shape index (κ3) is 5.70. The molecule has 3 heterocycles. The van der Waals surface area contributed by atoms with E-state index in [1.165, 1.54) is 23.9 Å². The molecule has 9 heteroatoms. The molecule has 0 radical (unpaired) electrons. The van der Waals surface area contributed by atoms with Gasteiger partial charge in [0.15, 0.2) is 23.2 Å². The normalized spacial score (nSPS) is 15.6. The van der Waals surface area contributed by atoms with Gasteiger partial charge in [-0.15, -0.1) is 0 Å². The van der Waals surface area contributed by atoms with E-state index in [0.29, 0.717) is 6.42 Å². The summed E-state index contributed by atoms with van der Waals surface area (Å²) in [5.74, 6) is -4.70. The molecule has 5 rings (SSSR count). The van der Waals surface area contributed by atoms with Crippen molar-refractivity contribution < 1.29 is 22.8 Å².